The molecule has 0 bridgehead atoms. The van der Waals surface area contributed by atoms with Gasteiger partial charge in [0.25, 0.3) is 0 Å². The maximum Gasteiger partial charge on any atom is 0.166 e. The molecule has 1 aromatic carbocycles. The molecule has 1 heterocycles. The summed E-state index contributed by atoms with van der Waals surface area (Å²) in [6.45, 7) is 4.32. The summed E-state index contributed by atoms with van der Waals surface area (Å²) >= 11 is 1.81. The SMILES string of the molecule is CNC(C)CCCSc1nc2ccc(C)cc2[nH]1. The van der Waals surface area contributed by atoms with E-state index in [0.29, 0.717) is 6.04 Å². The van der Waals surface area contributed by atoms with Crippen molar-refractivity contribution in [3.05, 3.63) is 23.8 Å². The highest BCUT2D eigenvalue weighted by Gasteiger charge is 2.04. The van der Waals surface area contributed by atoms with Gasteiger partial charge in [0.2, 0.25) is 0 Å². The Balaban J connectivity index is 1.88. The number of nitrogens with one attached hydrogen (secondary N) is 2. The van der Waals surface area contributed by atoms with Gasteiger partial charge in [-0.2, -0.15) is 0 Å². The molecule has 0 saturated heterocycles. The predicted molar refractivity (Wildman–Crippen MR) is 79.3 cm³/mol. The number of thioether (sulfide) groups is 1. The van der Waals surface area contributed by atoms with E-state index in [1.54, 1.807) is 0 Å². The second kappa shape index (κ2) is 6.25. The predicted octanol–water partition coefficient (Wildman–Crippen LogP) is 3.35. The highest BCUT2D eigenvalue weighted by atomic mass is 32.2. The van der Waals surface area contributed by atoms with Crippen LogP contribution in [-0.2, 0) is 0 Å². The Kier molecular flexibility index (Phi) is 4.66. The van der Waals surface area contributed by atoms with Crippen LogP contribution in [0.1, 0.15) is 25.3 Å². The van der Waals surface area contributed by atoms with Crippen LogP contribution in [0.25, 0.3) is 11.0 Å². The number of hydrogen-bond donors (Lipinski definition) is 2. The van der Waals surface area contributed by atoms with Crippen LogP contribution >= 0.6 is 11.8 Å². The van der Waals surface area contributed by atoms with Gasteiger partial charge in [-0.05, 0) is 51.4 Å². The molecule has 0 aliphatic carbocycles. The monoisotopic (exact) mass is 263 g/mol. The average molecular weight is 263 g/mol. The summed E-state index contributed by atoms with van der Waals surface area (Å²) < 4.78 is 0. The van der Waals surface area contributed by atoms with E-state index in [0.717, 1.165) is 21.9 Å². The van der Waals surface area contributed by atoms with Gasteiger partial charge in [0, 0.05) is 11.8 Å². The van der Waals surface area contributed by atoms with Crippen LogP contribution in [-0.4, -0.2) is 28.8 Å². The first-order chi connectivity index (χ1) is 8.69. The molecule has 98 valence electrons. The van der Waals surface area contributed by atoms with E-state index in [9.17, 15) is 0 Å². The zero-order chi connectivity index (χ0) is 13.0. The number of aromatic amines is 1. The molecular formula is C14H21N3S. The molecule has 1 unspecified atom stereocenters. The number of fused-ring (bicyclic) bond motifs is 1. The number of aryl methyl sites for hydroxylation is 1. The molecule has 2 rings (SSSR count). The van der Waals surface area contributed by atoms with Gasteiger partial charge in [0.1, 0.15) is 0 Å². The zero-order valence-electron chi connectivity index (χ0n) is 11.3. The number of aromatic nitrogens is 2. The quantitative estimate of drug-likeness (QED) is 0.620. The minimum atomic E-state index is 0.601. The summed E-state index contributed by atoms with van der Waals surface area (Å²) in [5.74, 6) is 1.12. The van der Waals surface area contributed by atoms with Crippen molar-refractivity contribution in [3.63, 3.8) is 0 Å². The second-order valence-electron chi connectivity index (χ2n) is 4.74. The molecule has 4 heteroatoms. The third-order valence-corrected chi connectivity index (χ3v) is 4.09. The van der Waals surface area contributed by atoms with Crippen LogP contribution in [0.4, 0.5) is 0 Å². The van der Waals surface area contributed by atoms with Crippen molar-refractivity contribution in [3.8, 4) is 0 Å². The van der Waals surface area contributed by atoms with Crippen molar-refractivity contribution in [1.82, 2.24) is 15.3 Å². The molecular weight excluding hydrogens is 242 g/mol. The summed E-state index contributed by atoms with van der Waals surface area (Å²) in [7, 11) is 2.01. The van der Waals surface area contributed by atoms with Crippen LogP contribution in [0.3, 0.4) is 0 Å². The molecule has 0 aliphatic heterocycles. The molecule has 2 aromatic rings. The van der Waals surface area contributed by atoms with Gasteiger partial charge in [-0.3, -0.25) is 0 Å². The summed E-state index contributed by atoms with van der Waals surface area (Å²) in [6.07, 6.45) is 2.42. The Hall–Kier alpha value is -1.00. The topological polar surface area (TPSA) is 40.7 Å². The number of benzene rings is 1. The van der Waals surface area contributed by atoms with Crippen LogP contribution in [0.5, 0.6) is 0 Å². The number of nitrogens with zero attached hydrogens (tertiary/aromatic N) is 1. The van der Waals surface area contributed by atoms with Gasteiger partial charge in [-0.15, -0.1) is 0 Å². The van der Waals surface area contributed by atoms with E-state index in [1.165, 1.54) is 18.4 Å². The molecule has 3 nitrogen and oxygen atoms in total. The standard InChI is InChI=1S/C14H21N3S/c1-10-6-7-12-13(9-10)17-14(16-12)18-8-4-5-11(2)15-3/h6-7,9,11,15H,4-5,8H2,1-3H3,(H,16,17). The van der Waals surface area contributed by atoms with Crippen LogP contribution < -0.4 is 5.32 Å². The first-order valence-electron chi connectivity index (χ1n) is 6.45. The fraction of sp³-hybridized carbons (Fsp3) is 0.500. The van der Waals surface area contributed by atoms with Gasteiger partial charge in [-0.25, -0.2) is 4.98 Å². The van der Waals surface area contributed by atoms with Gasteiger partial charge < -0.3 is 10.3 Å². The first kappa shape index (κ1) is 13.4. The van der Waals surface area contributed by atoms with E-state index in [1.807, 2.05) is 18.8 Å². The van der Waals surface area contributed by atoms with Crippen LogP contribution in [0, 0.1) is 6.92 Å². The third-order valence-electron chi connectivity index (χ3n) is 3.13. The molecule has 1 aromatic heterocycles. The van der Waals surface area contributed by atoms with Crippen molar-refractivity contribution in [2.45, 2.75) is 37.9 Å². The minimum absolute atomic E-state index is 0.601. The molecule has 0 saturated carbocycles. The summed E-state index contributed by atoms with van der Waals surface area (Å²) in [6, 6.07) is 6.93. The molecule has 0 amide bonds. The highest BCUT2D eigenvalue weighted by molar-refractivity contribution is 7.99. The fourth-order valence-electron chi connectivity index (χ4n) is 1.87. The lowest BCUT2D eigenvalue weighted by Crippen LogP contribution is -2.20. The zero-order valence-corrected chi connectivity index (χ0v) is 12.1. The van der Waals surface area contributed by atoms with Crippen LogP contribution in [0.15, 0.2) is 23.4 Å². The smallest absolute Gasteiger partial charge is 0.166 e. The van der Waals surface area contributed by atoms with E-state index in [4.69, 9.17) is 0 Å². The molecule has 2 N–H and O–H groups in total. The van der Waals surface area contributed by atoms with E-state index in [2.05, 4.69) is 47.3 Å². The van der Waals surface area contributed by atoms with Crippen molar-refractivity contribution >= 4 is 22.8 Å². The Morgan fingerprint density at radius 2 is 2.28 bits per heavy atom. The average Bonchev–Trinajstić information content (AvgIpc) is 2.76. The summed E-state index contributed by atoms with van der Waals surface area (Å²) in [5.41, 5.74) is 3.47. The Morgan fingerprint density at radius 3 is 3.06 bits per heavy atom. The highest BCUT2D eigenvalue weighted by Crippen LogP contribution is 2.21. The molecule has 0 aliphatic rings. The van der Waals surface area contributed by atoms with Gasteiger partial charge in [-0.1, -0.05) is 17.8 Å². The molecule has 0 fully saturated rings. The van der Waals surface area contributed by atoms with Gasteiger partial charge >= 0.3 is 0 Å². The minimum Gasteiger partial charge on any atom is -0.333 e. The largest absolute Gasteiger partial charge is 0.333 e. The number of hydrogen-bond acceptors (Lipinski definition) is 3. The molecule has 18 heavy (non-hydrogen) atoms. The van der Waals surface area contributed by atoms with Crippen molar-refractivity contribution < 1.29 is 0 Å². The Morgan fingerprint density at radius 1 is 1.44 bits per heavy atom. The Bertz CT molecular complexity index is 507. The molecule has 0 spiro atoms. The lowest BCUT2D eigenvalue weighted by atomic mass is 10.2. The summed E-state index contributed by atoms with van der Waals surface area (Å²) in [4.78, 5) is 7.96. The van der Waals surface area contributed by atoms with Crippen molar-refractivity contribution in [2.24, 2.45) is 0 Å². The normalized spacial score (nSPS) is 13.1. The Labute approximate surface area is 113 Å². The maximum atomic E-state index is 4.58. The maximum absolute atomic E-state index is 4.58. The van der Waals surface area contributed by atoms with Crippen molar-refractivity contribution in [1.29, 1.82) is 0 Å². The lowest BCUT2D eigenvalue weighted by molar-refractivity contribution is 0.559. The van der Waals surface area contributed by atoms with E-state index in [-0.39, 0.29) is 0 Å². The number of imidazole rings is 1. The van der Waals surface area contributed by atoms with E-state index < -0.39 is 0 Å². The second-order valence-corrected chi connectivity index (χ2v) is 5.83. The summed E-state index contributed by atoms with van der Waals surface area (Å²) in [5, 5.41) is 4.29. The van der Waals surface area contributed by atoms with Crippen LogP contribution in [0.2, 0.25) is 0 Å². The first-order valence-corrected chi connectivity index (χ1v) is 7.44. The van der Waals surface area contributed by atoms with E-state index >= 15 is 0 Å². The molecule has 1 atom stereocenters. The third kappa shape index (κ3) is 3.50. The van der Waals surface area contributed by atoms with Gasteiger partial charge in [0.05, 0.1) is 11.0 Å². The number of rotatable bonds is 6. The lowest BCUT2D eigenvalue weighted by Gasteiger charge is -2.08. The van der Waals surface area contributed by atoms with Gasteiger partial charge in [0.15, 0.2) is 5.16 Å². The van der Waals surface area contributed by atoms with Crippen molar-refractivity contribution in [2.75, 3.05) is 12.8 Å². The number of H-pyrrole nitrogens is 1. The molecule has 0 radical (unpaired) electrons. The fourth-order valence-corrected chi connectivity index (χ4v) is 2.72.